The molecular formula is C17H26N2O4. The number of methoxy groups -OCH3 is 1. The topological polar surface area (TPSA) is 80.6 Å². The van der Waals surface area contributed by atoms with Crippen molar-refractivity contribution in [2.75, 3.05) is 13.7 Å². The zero-order valence-electron chi connectivity index (χ0n) is 14.1. The summed E-state index contributed by atoms with van der Waals surface area (Å²) in [6, 6.07) is 1.26. The van der Waals surface area contributed by atoms with E-state index in [1.807, 2.05) is 19.9 Å². The summed E-state index contributed by atoms with van der Waals surface area (Å²) in [7, 11) is 1.41. The van der Waals surface area contributed by atoms with Gasteiger partial charge in [0.25, 0.3) is 5.91 Å². The number of carboxylic acids is 1. The summed E-state index contributed by atoms with van der Waals surface area (Å²) in [4.78, 5) is 23.6. The average Bonchev–Trinajstić information content (AvgIpc) is 2.82. The van der Waals surface area contributed by atoms with Crippen LogP contribution in [0.3, 0.4) is 0 Å². The van der Waals surface area contributed by atoms with Crippen LogP contribution in [0.25, 0.3) is 0 Å². The summed E-state index contributed by atoms with van der Waals surface area (Å²) in [5, 5.41) is 11.7. The van der Waals surface area contributed by atoms with Crippen LogP contribution < -0.4 is 5.32 Å². The third-order valence-corrected chi connectivity index (χ3v) is 4.61. The minimum Gasteiger partial charge on any atom is -0.480 e. The maximum absolute atomic E-state index is 12.5. The summed E-state index contributed by atoms with van der Waals surface area (Å²) in [6.45, 7) is 3.88. The number of nitrogens with zero attached hydrogens (tertiary/aromatic N) is 1. The highest BCUT2D eigenvalue weighted by atomic mass is 16.5. The molecular weight excluding hydrogens is 296 g/mol. The highest BCUT2D eigenvalue weighted by Crippen LogP contribution is 2.32. The Kier molecular flexibility index (Phi) is 5.82. The zero-order chi connectivity index (χ0) is 17.0. The summed E-state index contributed by atoms with van der Waals surface area (Å²) in [6.07, 6.45) is 5.99. The number of amides is 1. The lowest BCUT2D eigenvalue weighted by Gasteiger charge is -2.26. The molecule has 1 aliphatic rings. The van der Waals surface area contributed by atoms with Crippen LogP contribution in [0.1, 0.15) is 59.9 Å². The van der Waals surface area contributed by atoms with Gasteiger partial charge in [-0.05, 0) is 32.8 Å². The van der Waals surface area contributed by atoms with Gasteiger partial charge in [0.1, 0.15) is 0 Å². The number of carbonyl (C=O) groups excluding carboxylic acids is 1. The Morgan fingerprint density at radius 3 is 2.57 bits per heavy atom. The molecule has 1 heterocycles. The van der Waals surface area contributed by atoms with E-state index in [1.54, 1.807) is 0 Å². The molecule has 1 atom stereocenters. The molecule has 0 aliphatic heterocycles. The third kappa shape index (κ3) is 3.93. The van der Waals surface area contributed by atoms with Crippen LogP contribution in [0.4, 0.5) is 0 Å². The molecule has 23 heavy (non-hydrogen) atoms. The SMILES string of the molecule is COCC(NC(=O)c1cc(C)n(C2CCCCC2)c1C)C(=O)O. The van der Waals surface area contributed by atoms with Crippen molar-refractivity contribution in [2.45, 2.75) is 58.0 Å². The lowest BCUT2D eigenvalue weighted by atomic mass is 9.95. The molecule has 0 saturated heterocycles. The molecule has 1 amide bonds. The molecule has 1 unspecified atom stereocenters. The maximum atomic E-state index is 12.5. The quantitative estimate of drug-likeness (QED) is 0.843. The van der Waals surface area contributed by atoms with Gasteiger partial charge in [-0.2, -0.15) is 0 Å². The highest BCUT2D eigenvalue weighted by Gasteiger charge is 2.25. The van der Waals surface area contributed by atoms with E-state index in [0.717, 1.165) is 24.2 Å². The molecule has 6 heteroatoms. The van der Waals surface area contributed by atoms with Crippen molar-refractivity contribution in [3.63, 3.8) is 0 Å². The van der Waals surface area contributed by atoms with E-state index in [0.29, 0.717) is 11.6 Å². The van der Waals surface area contributed by atoms with Crippen molar-refractivity contribution < 1.29 is 19.4 Å². The summed E-state index contributed by atoms with van der Waals surface area (Å²) < 4.78 is 7.09. The van der Waals surface area contributed by atoms with Gasteiger partial charge < -0.3 is 19.7 Å². The monoisotopic (exact) mass is 322 g/mol. The second-order valence-corrected chi connectivity index (χ2v) is 6.27. The molecule has 2 rings (SSSR count). The number of nitrogens with one attached hydrogen (secondary N) is 1. The summed E-state index contributed by atoms with van der Waals surface area (Å²) >= 11 is 0. The van der Waals surface area contributed by atoms with E-state index in [-0.39, 0.29) is 12.5 Å². The minimum atomic E-state index is -1.10. The summed E-state index contributed by atoms with van der Waals surface area (Å²) in [5.74, 6) is -1.45. The van der Waals surface area contributed by atoms with Crippen LogP contribution in [-0.2, 0) is 9.53 Å². The van der Waals surface area contributed by atoms with Crippen LogP contribution in [-0.4, -0.2) is 41.3 Å². The van der Waals surface area contributed by atoms with Gasteiger partial charge in [-0.25, -0.2) is 4.79 Å². The predicted octanol–water partition coefficient (Wildman–Crippen LogP) is 2.44. The number of hydrogen-bond donors (Lipinski definition) is 2. The molecule has 1 saturated carbocycles. The van der Waals surface area contributed by atoms with E-state index < -0.39 is 12.0 Å². The molecule has 0 aromatic carbocycles. The zero-order valence-corrected chi connectivity index (χ0v) is 14.1. The number of aliphatic carboxylic acids is 1. The van der Waals surface area contributed by atoms with E-state index in [9.17, 15) is 9.59 Å². The van der Waals surface area contributed by atoms with Crippen molar-refractivity contribution in [1.29, 1.82) is 0 Å². The van der Waals surface area contributed by atoms with Crippen LogP contribution in [0.2, 0.25) is 0 Å². The average molecular weight is 322 g/mol. The second-order valence-electron chi connectivity index (χ2n) is 6.27. The van der Waals surface area contributed by atoms with Gasteiger partial charge in [-0.1, -0.05) is 19.3 Å². The number of hydrogen-bond acceptors (Lipinski definition) is 3. The Balaban J connectivity index is 2.19. The lowest BCUT2D eigenvalue weighted by Crippen LogP contribution is -2.43. The first kappa shape index (κ1) is 17.5. The van der Waals surface area contributed by atoms with Crippen LogP contribution in [0.5, 0.6) is 0 Å². The predicted molar refractivity (Wildman–Crippen MR) is 86.8 cm³/mol. The number of rotatable bonds is 6. The normalized spacial score (nSPS) is 17.0. The first-order valence-electron chi connectivity index (χ1n) is 8.16. The molecule has 0 bridgehead atoms. The van der Waals surface area contributed by atoms with Gasteiger partial charge in [0.15, 0.2) is 6.04 Å². The van der Waals surface area contributed by atoms with Crippen molar-refractivity contribution in [3.05, 3.63) is 23.0 Å². The molecule has 1 aromatic rings. The first-order chi connectivity index (χ1) is 11.0. The van der Waals surface area contributed by atoms with Gasteiger partial charge in [-0.15, -0.1) is 0 Å². The maximum Gasteiger partial charge on any atom is 0.328 e. The Bertz CT molecular complexity index is 573. The molecule has 1 fully saturated rings. The molecule has 6 nitrogen and oxygen atoms in total. The number of carbonyl (C=O) groups is 2. The fourth-order valence-electron chi connectivity index (χ4n) is 3.49. The standard InChI is InChI=1S/C17H26N2O4/c1-11-9-14(16(20)18-15(10-23-3)17(21)22)12(2)19(11)13-7-5-4-6-8-13/h9,13,15H,4-8,10H2,1-3H3,(H,18,20)(H,21,22). The lowest BCUT2D eigenvalue weighted by molar-refractivity contribution is -0.140. The van der Waals surface area contributed by atoms with Crippen LogP contribution in [0, 0.1) is 13.8 Å². The Morgan fingerprint density at radius 2 is 2.00 bits per heavy atom. The van der Waals surface area contributed by atoms with Gasteiger partial charge in [0, 0.05) is 24.5 Å². The second kappa shape index (κ2) is 7.64. The fraction of sp³-hybridized carbons (Fsp3) is 0.647. The van der Waals surface area contributed by atoms with Crippen LogP contribution >= 0.6 is 0 Å². The summed E-state index contributed by atoms with van der Waals surface area (Å²) in [5.41, 5.74) is 2.52. The van der Waals surface area contributed by atoms with Gasteiger partial charge in [0.2, 0.25) is 0 Å². The fourth-order valence-corrected chi connectivity index (χ4v) is 3.49. The van der Waals surface area contributed by atoms with E-state index in [2.05, 4.69) is 9.88 Å². The molecule has 0 radical (unpaired) electrons. The number of aromatic nitrogens is 1. The van der Waals surface area contributed by atoms with Gasteiger partial charge in [-0.3, -0.25) is 4.79 Å². The van der Waals surface area contributed by atoms with E-state index >= 15 is 0 Å². The van der Waals surface area contributed by atoms with Crippen molar-refractivity contribution in [3.8, 4) is 0 Å². The largest absolute Gasteiger partial charge is 0.480 e. The van der Waals surface area contributed by atoms with Crippen molar-refractivity contribution in [2.24, 2.45) is 0 Å². The minimum absolute atomic E-state index is 0.0531. The molecule has 128 valence electrons. The van der Waals surface area contributed by atoms with E-state index in [4.69, 9.17) is 9.84 Å². The highest BCUT2D eigenvalue weighted by molar-refractivity contribution is 5.97. The number of carboxylic acid groups (broad SMARTS) is 1. The molecule has 1 aromatic heterocycles. The van der Waals surface area contributed by atoms with Gasteiger partial charge >= 0.3 is 5.97 Å². The number of aryl methyl sites for hydroxylation is 1. The molecule has 0 spiro atoms. The first-order valence-corrected chi connectivity index (χ1v) is 8.16. The third-order valence-electron chi connectivity index (χ3n) is 4.61. The Labute approximate surface area is 136 Å². The van der Waals surface area contributed by atoms with Gasteiger partial charge in [0.05, 0.1) is 12.2 Å². The van der Waals surface area contributed by atoms with Crippen molar-refractivity contribution >= 4 is 11.9 Å². The van der Waals surface area contributed by atoms with Crippen molar-refractivity contribution in [1.82, 2.24) is 9.88 Å². The number of ether oxygens (including phenoxy) is 1. The molecule has 2 N–H and O–H groups in total. The smallest absolute Gasteiger partial charge is 0.328 e. The Hall–Kier alpha value is -1.82. The van der Waals surface area contributed by atoms with E-state index in [1.165, 1.54) is 26.4 Å². The molecule has 1 aliphatic carbocycles. The Morgan fingerprint density at radius 1 is 1.35 bits per heavy atom. The van der Waals surface area contributed by atoms with Crippen LogP contribution in [0.15, 0.2) is 6.07 Å².